The van der Waals surface area contributed by atoms with Gasteiger partial charge in [-0.1, -0.05) is 25.7 Å². The number of hydrogen-bond donors (Lipinski definition) is 1. The zero-order valence-electron chi connectivity index (χ0n) is 11.5. The van der Waals surface area contributed by atoms with Crippen LogP contribution in [-0.4, -0.2) is 36.5 Å². The van der Waals surface area contributed by atoms with Gasteiger partial charge >= 0.3 is 0 Å². The molecule has 3 rings (SSSR count). The number of carbonyl (C=O) groups excluding carboxylic acids is 1. The summed E-state index contributed by atoms with van der Waals surface area (Å²) in [5, 5.41) is 3.07. The molecule has 0 aromatic rings. The molecule has 0 radical (unpaired) electrons. The van der Waals surface area contributed by atoms with Gasteiger partial charge in [-0.15, -0.1) is 0 Å². The van der Waals surface area contributed by atoms with Crippen LogP contribution < -0.4 is 5.32 Å². The third-order valence-corrected chi connectivity index (χ3v) is 5.20. The van der Waals surface area contributed by atoms with Crippen LogP contribution >= 0.6 is 0 Å². The van der Waals surface area contributed by atoms with Gasteiger partial charge in [-0.25, -0.2) is 0 Å². The highest BCUT2D eigenvalue weighted by atomic mass is 16.1. The van der Waals surface area contributed by atoms with E-state index in [0.717, 1.165) is 17.8 Å². The van der Waals surface area contributed by atoms with E-state index in [0.29, 0.717) is 6.04 Å². The van der Waals surface area contributed by atoms with E-state index in [2.05, 4.69) is 10.2 Å². The van der Waals surface area contributed by atoms with Crippen molar-refractivity contribution in [2.24, 2.45) is 17.8 Å². The van der Waals surface area contributed by atoms with Gasteiger partial charge in [0.1, 0.15) is 0 Å². The first-order valence-electron chi connectivity index (χ1n) is 7.73. The molecule has 1 heterocycles. The van der Waals surface area contributed by atoms with Gasteiger partial charge in [-0.2, -0.15) is 0 Å². The molecule has 2 saturated carbocycles. The molecule has 1 amide bonds. The molecule has 0 bridgehead atoms. The lowest BCUT2D eigenvalue weighted by Gasteiger charge is -2.20. The molecule has 1 saturated heterocycles. The van der Waals surface area contributed by atoms with Gasteiger partial charge in [0.2, 0.25) is 5.91 Å². The second kappa shape index (κ2) is 5.20. The molecule has 3 aliphatic rings. The Labute approximate surface area is 110 Å². The zero-order chi connectivity index (χ0) is 12.5. The highest BCUT2D eigenvalue weighted by molar-refractivity contribution is 5.73. The smallest absolute Gasteiger partial charge is 0.217 e. The highest BCUT2D eigenvalue weighted by Gasteiger charge is 2.55. The molecule has 0 aromatic heterocycles. The van der Waals surface area contributed by atoms with Gasteiger partial charge < -0.3 is 10.2 Å². The number of likely N-dealkylation sites (tertiary alicyclic amines) is 1. The van der Waals surface area contributed by atoms with Crippen molar-refractivity contribution in [2.45, 2.75) is 51.5 Å². The standard InChI is InChI=1S/C15H26N2O/c1-11(18)16-15-13-9-17(10-14(13)15)8-4-7-12-5-2-3-6-12/h12-15H,2-10H2,1H3,(H,16,18)/t13-,14+,15?. The van der Waals surface area contributed by atoms with Crippen LogP contribution in [0.4, 0.5) is 0 Å². The van der Waals surface area contributed by atoms with Gasteiger partial charge in [0.05, 0.1) is 0 Å². The molecule has 1 aliphatic heterocycles. The molecule has 1 unspecified atom stereocenters. The number of amides is 1. The van der Waals surface area contributed by atoms with Crippen LogP contribution in [0.5, 0.6) is 0 Å². The lowest BCUT2D eigenvalue weighted by molar-refractivity contribution is -0.119. The number of piperidine rings is 1. The number of rotatable bonds is 5. The molecule has 3 nitrogen and oxygen atoms in total. The maximum absolute atomic E-state index is 11.0. The number of fused-ring (bicyclic) bond motifs is 1. The molecule has 0 spiro atoms. The summed E-state index contributed by atoms with van der Waals surface area (Å²) in [5.41, 5.74) is 0. The van der Waals surface area contributed by atoms with Crippen molar-refractivity contribution in [3.8, 4) is 0 Å². The van der Waals surface area contributed by atoms with E-state index in [4.69, 9.17) is 0 Å². The van der Waals surface area contributed by atoms with Crippen molar-refractivity contribution in [2.75, 3.05) is 19.6 Å². The molecule has 3 atom stereocenters. The first kappa shape index (κ1) is 12.5. The summed E-state index contributed by atoms with van der Waals surface area (Å²) in [6, 6.07) is 0.508. The van der Waals surface area contributed by atoms with Crippen molar-refractivity contribution in [1.82, 2.24) is 10.2 Å². The average Bonchev–Trinajstić information content (AvgIpc) is 2.79. The Kier molecular flexibility index (Phi) is 3.60. The Morgan fingerprint density at radius 1 is 1.22 bits per heavy atom. The zero-order valence-corrected chi connectivity index (χ0v) is 11.5. The molecular formula is C15H26N2O. The Hall–Kier alpha value is -0.570. The van der Waals surface area contributed by atoms with Crippen LogP contribution in [-0.2, 0) is 4.79 Å². The SMILES string of the molecule is CC(=O)NC1[C@H]2CN(CCCC3CCCC3)C[C@@H]12. The number of carbonyl (C=O) groups is 1. The first-order chi connectivity index (χ1) is 8.74. The van der Waals surface area contributed by atoms with Crippen LogP contribution in [0, 0.1) is 17.8 Å². The summed E-state index contributed by atoms with van der Waals surface area (Å²) in [7, 11) is 0. The Morgan fingerprint density at radius 2 is 1.89 bits per heavy atom. The average molecular weight is 250 g/mol. The fourth-order valence-corrected chi connectivity index (χ4v) is 4.15. The van der Waals surface area contributed by atoms with Gasteiger partial charge in [0, 0.05) is 26.1 Å². The van der Waals surface area contributed by atoms with Gasteiger partial charge in [0.15, 0.2) is 0 Å². The molecule has 3 fully saturated rings. The third-order valence-electron chi connectivity index (χ3n) is 5.20. The van der Waals surface area contributed by atoms with E-state index < -0.39 is 0 Å². The second-order valence-corrected chi connectivity index (χ2v) is 6.61. The summed E-state index contributed by atoms with van der Waals surface area (Å²) in [5.74, 6) is 2.71. The lowest BCUT2D eigenvalue weighted by atomic mass is 10.0. The molecule has 18 heavy (non-hydrogen) atoms. The molecular weight excluding hydrogens is 224 g/mol. The minimum atomic E-state index is 0.141. The molecule has 2 aliphatic carbocycles. The Balaban J connectivity index is 1.30. The fourth-order valence-electron chi connectivity index (χ4n) is 4.15. The third kappa shape index (κ3) is 2.71. The van der Waals surface area contributed by atoms with Gasteiger partial charge in [-0.3, -0.25) is 4.79 Å². The molecule has 102 valence electrons. The van der Waals surface area contributed by atoms with Gasteiger partial charge in [-0.05, 0) is 37.1 Å². The van der Waals surface area contributed by atoms with Crippen LogP contribution in [0.25, 0.3) is 0 Å². The number of nitrogens with one attached hydrogen (secondary N) is 1. The predicted molar refractivity (Wildman–Crippen MR) is 72.2 cm³/mol. The summed E-state index contributed by atoms with van der Waals surface area (Å²) < 4.78 is 0. The van der Waals surface area contributed by atoms with Crippen molar-refractivity contribution >= 4 is 5.91 Å². The minimum absolute atomic E-state index is 0.141. The van der Waals surface area contributed by atoms with E-state index in [1.165, 1.54) is 58.2 Å². The number of nitrogens with zero attached hydrogens (tertiary/aromatic N) is 1. The van der Waals surface area contributed by atoms with E-state index in [1.807, 2.05) is 0 Å². The topological polar surface area (TPSA) is 32.3 Å². The van der Waals surface area contributed by atoms with E-state index in [1.54, 1.807) is 6.92 Å². The van der Waals surface area contributed by atoms with E-state index in [-0.39, 0.29) is 5.91 Å². The fraction of sp³-hybridized carbons (Fsp3) is 0.933. The monoisotopic (exact) mass is 250 g/mol. The summed E-state index contributed by atoms with van der Waals surface area (Å²) in [6.07, 6.45) is 8.73. The van der Waals surface area contributed by atoms with Gasteiger partial charge in [0.25, 0.3) is 0 Å². The maximum Gasteiger partial charge on any atom is 0.217 e. The number of hydrogen-bond acceptors (Lipinski definition) is 2. The van der Waals surface area contributed by atoms with E-state index >= 15 is 0 Å². The maximum atomic E-state index is 11.0. The molecule has 3 heteroatoms. The molecule has 0 aromatic carbocycles. The largest absolute Gasteiger partial charge is 0.353 e. The second-order valence-electron chi connectivity index (χ2n) is 6.61. The van der Waals surface area contributed by atoms with Crippen LogP contribution in [0.2, 0.25) is 0 Å². The summed E-state index contributed by atoms with van der Waals surface area (Å²) in [6.45, 7) is 5.37. The van der Waals surface area contributed by atoms with Crippen LogP contribution in [0.3, 0.4) is 0 Å². The molecule has 1 N–H and O–H groups in total. The lowest BCUT2D eigenvalue weighted by Crippen LogP contribution is -2.33. The normalized spacial score (nSPS) is 35.7. The Morgan fingerprint density at radius 3 is 2.50 bits per heavy atom. The quantitative estimate of drug-likeness (QED) is 0.809. The van der Waals surface area contributed by atoms with Crippen molar-refractivity contribution in [1.29, 1.82) is 0 Å². The predicted octanol–water partition coefficient (Wildman–Crippen LogP) is 2.02. The highest BCUT2D eigenvalue weighted by Crippen LogP contribution is 2.45. The first-order valence-corrected chi connectivity index (χ1v) is 7.73. The summed E-state index contributed by atoms with van der Waals surface area (Å²) in [4.78, 5) is 13.6. The summed E-state index contributed by atoms with van der Waals surface area (Å²) >= 11 is 0. The van der Waals surface area contributed by atoms with Crippen LogP contribution in [0.15, 0.2) is 0 Å². The van der Waals surface area contributed by atoms with E-state index in [9.17, 15) is 4.79 Å². The van der Waals surface area contributed by atoms with Crippen molar-refractivity contribution in [3.05, 3.63) is 0 Å². The minimum Gasteiger partial charge on any atom is -0.353 e. The van der Waals surface area contributed by atoms with Crippen LogP contribution in [0.1, 0.15) is 45.4 Å². The van der Waals surface area contributed by atoms with Crippen molar-refractivity contribution in [3.63, 3.8) is 0 Å². The van der Waals surface area contributed by atoms with Crippen molar-refractivity contribution < 1.29 is 4.79 Å². The Bertz CT molecular complexity index is 300.